The quantitative estimate of drug-likeness (QED) is 0.802. The van der Waals surface area contributed by atoms with E-state index in [9.17, 15) is 0 Å². The molecular formula is C16H19N5. The number of rotatable bonds is 3. The van der Waals surface area contributed by atoms with Crippen molar-refractivity contribution < 1.29 is 0 Å². The Bertz CT molecular complexity index is 781. The number of hydrogen-bond donors (Lipinski definition) is 1. The lowest BCUT2D eigenvalue weighted by atomic mass is 10.2. The van der Waals surface area contributed by atoms with Crippen molar-refractivity contribution in [1.82, 2.24) is 19.4 Å². The number of pyridine rings is 1. The molecule has 0 bridgehead atoms. The summed E-state index contributed by atoms with van der Waals surface area (Å²) in [5.74, 6) is 0.665. The Morgan fingerprint density at radius 2 is 1.81 bits per heavy atom. The summed E-state index contributed by atoms with van der Waals surface area (Å²) in [4.78, 5) is 13.4. The van der Waals surface area contributed by atoms with Crippen LogP contribution in [0.15, 0.2) is 24.5 Å². The Kier molecular flexibility index (Phi) is 3.33. The van der Waals surface area contributed by atoms with E-state index in [1.807, 2.05) is 39.2 Å². The fourth-order valence-electron chi connectivity index (χ4n) is 2.35. The number of imidazole rings is 1. The van der Waals surface area contributed by atoms with Crippen molar-refractivity contribution in [3.8, 4) is 0 Å². The number of nitrogens with zero attached hydrogens (tertiary/aromatic N) is 4. The average molecular weight is 281 g/mol. The lowest BCUT2D eigenvalue weighted by molar-refractivity contribution is 0.944. The van der Waals surface area contributed by atoms with Crippen molar-refractivity contribution in [2.24, 2.45) is 0 Å². The highest BCUT2D eigenvalue weighted by molar-refractivity contribution is 5.48. The first-order valence-electron chi connectivity index (χ1n) is 7.03. The van der Waals surface area contributed by atoms with Crippen molar-refractivity contribution in [3.63, 3.8) is 0 Å². The molecule has 0 spiro atoms. The molecule has 0 aromatic carbocycles. The second-order valence-corrected chi connectivity index (χ2v) is 5.33. The maximum atomic E-state index is 4.48. The number of nitrogens with one attached hydrogen (secondary N) is 1. The molecule has 108 valence electrons. The first kappa shape index (κ1) is 13.5. The molecule has 3 rings (SSSR count). The van der Waals surface area contributed by atoms with Crippen molar-refractivity contribution in [2.75, 3.05) is 5.32 Å². The highest BCUT2D eigenvalue weighted by Gasteiger charge is 2.07. The molecule has 0 aliphatic rings. The summed E-state index contributed by atoms with van der Waals surface area (Å²) in [6, 6.07) is 4.10. The monoisotopic (exact) mass is 281 g/mol. The largest absolute Gasteiger partial charge is 0.349 e. The number of anilines is 1. The molecule has 0 saturated carbocycles. The Hall–Kier alpha value is -2.43. The van der Waals surface area contributed by atoms with E-state index in [4.69, 9.17) is 0 Å². The molecule has 5 heteroatoms. The Balaban J connectivity index is 1.85. The predicted octanol–water partition coefficient (Wildman–Crippen LogP) is 2.97. The lowest BCUT2D eigenvalue weighted by Crippen LogP contribution is -2.08. The number of aromatic nitrogens is 4. The standard InChI is InChI=1S/C16H19N5/c1-10-6-5-7-21-14(8-17-15(10)21)9-18-16-19-12(3)11(2)13(4)20-16/h5-8H,9H2,1-4H3,(H,18,19,20). The number of fused-ring (bicyclic) bond motifs is 1. The fourth-order valence-corrected chi connectivity index (χ4v) is 2.35. The van der Waals surface area contributed by atoms with Crippen LogP contribution in [-0.2, 0) is 6.54 Å². The van der Waals surface area contributed by atoms with Crippen molar-refractivity contribution >= 4 is 11.6 Å². The van der Waals surface area contributed by atoms with Crippen LogP contribution < -0.4 is 5.32 Å². The molecule has 0 unspecified atom stereocenters. The Morgan fingerprint density at radius 1 is 1.10 bits per heavy atom. The van der Waals surface area contributed by atoms with Crippen LogP contribution in [0.1, 0.15) is 28.2 Å². The smallest absolute Gasteiger partial charge is 0.223 e. The van der Waals surface area contributed by atoms with E-state index in [2.05, 4.69) is 37.7 Å². The van der Waals surface area contributed by atoms with Gasteiger partial charge in [0.05, 0.1) is 18.4 Å². The van der Waals surface area contributed by atoms with Gasteiger partial charge in [-0.25, -0.2) is 15.0 Å². The van der Waals surface area contributed by atoms with E-state index in [1.54, 1.807) is 0 Å². The van der Waals surface area contributed by atoms with Gasteiger partial charge >= 0.3 is 0 Å². The molecule has 0 aliphatic heterocycles. The highest BCUT2D eigenvalue weighted by Crippen LogP contribution is 2.14. The summed E-state index contributed by atoms with van der Waals surface area (Å²) in [5.41, 5.74) is 6.42. The zero-order valence-corrected chi connectivity index (χ0v) is 12.8. The molecule has 0 fully saturated rings. The van der Waals surface area contributed by atoms with Gasteiger partial charge in [0.1, 0.15) is 5.65 Å². The lowest BCUT2D eigenvalue weighted by Gasteiger charge is -2.09. The zero-order valence-electron chi connectivity index (χ0n) is 12.8. The van der Waals surface area contributed by atoms with E-state index >= 15 is 0 Å². The summed E-state index contributed by atoms with van der Waals surface area (Å²) in [6.07, 6.45) is 3.92. The van der Waals surface area contributed by atoms with Gasteiger partial charge in [-0.15, -0.1) is 0 Å². The minimum absolute atomic E-state index is 0.645. The van der Waals surface area contributed by atoms with Gasteiger partial charge in [-0.3, -0.25) is 0 Å². The van der Waals surface area contributed by atoms with Crippen LogP contribution in [0.3, 0.4) is 0 Å². The minimum Gasteiger partial charge on any atom is -0.349 e. The molecule has 0 radical (unpaired) electrons. The van der Waals surface area contributed by atoms with Crippen LogP contribution in [0, 0.1) is 27.7 Å². The van der Waals surface area contributed by atoms with E-state index in [-0.39, 0.29) is 0 Å². The van der Waals surface area contributed by atoms with Gasteiger partial charge in [-0.05, 0) is 44.9 Å². The number of hydrogen-bond acceptors (Lipinski definition) is 4. The van der Waals surface area contributed by atoms with Gasteiger partial charge in [0.15, 0.2) is 0 Å². The minimum atomic E-state index is 0.645. The molecule has 5 nitrogen and oxygen atoms in total. The van der Waals surface area contributed by atoms with Crippen LogP contribution in [0.5, 0.6) is 0 Å². The van der Waals surface area contributed by atoms with Gasteiger partial charge < -0.3 is 9.72 Å². The van der Waals surface area contributed by atoms with Gasteiger partial charge in [-0.2, -0.15) is 0 Å². The summed E-state index contributed by atoms with van der Waals surface area (Å²) in [5, 5.41) is 3.28. The van der Waals surface area contributed by atoms with E-state index in [1.165, 1.54) is 5.56 Å². The van der Waals surface area contributed by atoms with E-state index < -0.39 is 0 Å². The molecule has 3 aromatic rings. The number of aryl methyl sites for hydroxylation is 3. The van der Waals surface area contributed by atoms with Crippen LogP contribution in [-0.4, -0.2) is 19.4 Å². The Labute approximate surface area is 124 Å². The molecule has 0 atom stereocenters. The molecule has 0 amide bonds. The van der Waals surface area contributed by atoms with Crippen LogP contribution in [0.4, 0.5) is 5.95 Å². The molecule has 21 heavy (non-hydrogen) atoms. The van der Waals surface area contributed by atoms with Crippen molar-refractivity contribution in [1.29, 1.82) is 0 Å². The second-order valence-electron chi connectivity index (χ2n) is 5.33. The van der Waals surface area contributed by atoms with Gasteiger partial charge in [0, 0.05) is 17.6 Å². The van der Waals surface area contributed by atoms with Crippen molar-refractivity contribution in [3.05, 3.63) is 52.7 Å². The summed E-state index contributed by atoms with van der Waals surface area (Å²) >= 11 is 0. The van der Waals surface area contributed by atoms with Gasteiger partial charge in [-0.1, -0.05) is 6.07 Å². The SMILES string of the molecule is Cc1nc(NCc2cnc3c(C)cccn23)nc(C)c1C. The Morgan fingerprint density at radius 3 is 2.52 bits per heavy atom. The zero-order chi connectivity index (χ0) is 15.0. The normalized spacial score (nSPS) is 11.0. The first-order valence-corrected chi connectivity index (χ1v) is 7.03. The summed E-state index contributed by atoms with van der Waals surface area (Å²) < 4.78 is 2.09. The summed E-state index contributed by atoms with van der Waals surface area (Å²) in [6.45, 7) is 8.77. The molecular weight excluding hydrogens is 262 g/mol. The van der Waals surface area contributed by atoms with Crippen LogP contribution >= 0.6 is 0 Å². The molecule has 0 aliphatic carbocycles. The van der Waals surface area contributed by atoms with Crippen molar-refractivity contribution in [2.45, 2.75) is 34.2 Å². The molecule has 0 saturated heterocycles. The maximum Gasteiger partial charge on any atom is 0.223 e. The van der Waals surface area contributed by atoms with E-state index in [0.717, 1.165) is 28.3 Å². The van der Waals surface area contributed by atoms with Crippen LogP contribution in [0.2, 0.25) is 0 Å². The highest BCUT2D eigenvalue weighted by atomic mass is 15.1. The fraction of sp³-hybridized carbons (Fsp3) is 0.312. The summed E-state index contributed by atoms with van der Waals surface area (Å²) in [7, 11) is 0. The molecule has 1 N–H and O–H groups in total. The molecule has 3 aromatic heterocycles. The maximum absolute atomic E-state index is 4.48. The average Bonchev–Trinajstić information content (AvgIpc) is 2.87. The van der Waals surface area contributed by atoms with Gasteiger partial charge in [0.2, 0.25) is 5.95 Å². The topological polar surface area (TPSA) is 55.1 Å². The first-order chi connectivity index (χ1) is 10.1. The third-order valence-electron chi connectivity index (χ3n) is 3.87. The molecule has 3 heterocycles. The second kappa shape index (κ2) is 5.16. The third-order valence-corrected chi connectivity index (χ3v) is 3.87. The predicted molar refractivity (Wildman–Crippen MR) is 83.5 cm³/mol. The van der Waals surface area contributed by atoms with Crippen LogP contribution in [0.25, 0.3) is 5.65 Å². The van der Waals surface area contributed by atoms with E-state index in [0.29, 0.717) is 12.5 Å². The third kappa shape index (κ3) is 2.46. The van der Waals surface area contributed by atoms with Gasteiger partial charge in [0.25, 0.3) is 0 Å².